The molecule has 1 atom stereocenters. The maximum absolute atomic E-state index is 13.1. The fraction of sp³-hybridized carbons (Fsp3) is 0.214. The van der Waals surface area contributed by atoms with Crippen LogP contribution in [0.2, 0.25) is 0 Å². The minimum atomic E-state index is -4.50. The van der Waals surface area contributed by atoms with Crippen molar-refractivity contribution in [2.24, 2.45) is 0 Å². The number of rotatable bonds is 3. The first kappa shape index (κ1) is 16.1. The SMILES string of the molecule is CC(Cl)c1ccccc1Nc1ncc(Br)cc1C(F)(F)F. The summed E-state index contributed by atoms with van der Waals surface area (Å²) < 4.78 is 39.5. The lowest BCUT2D eigenvalue weighted by molar-refractivity contribution is -0.137. The molecular formula is C14H11BrClF3N2. The zero-order chi connectivity index (χ0) is 15.6. The van der Waals surface area contributed by atoms with Crippen molar-refractivity contribution in [2.75, 3.05) is 5.32 Å². The molecule has 1 aromatic heterocycles. The lowest BCUT2D eigenvalue weighted by Gasteiger charge is -2.17. The van der Waals surface area contributed by atoms with Crippen molar-refractivity contribution in [1.82, 2.24) is 4.98 Å². The first-order valence-corrected chi connectivity index (χ1v) is 7.24. The molecule has 0 aliphatic carbocycles. The number of hydrogen-bond donors (Lipinski definition) is 1. The van der Waals surface area contributed by atoms with Gasteiger partial charge in [-0.05, 0) is 40.5 Å². The lowest BCUT2D eigenvalue weighted by atomic mass is 10.1. The molecule has 0 fully saturated rings. The van der Waals surface area contributed by atoms with Crippen LogP contribution in [0, 0.1) is 0 Å². The number of nitrogens with one attached hydrogen (secondary N) is 1. The third-order valence-electron chi connectivity index (χ3n) is 2.80. The van der Waals surface area contributed by atoms with Gasteiger partial charge in [0.1, 0.15) is 5.82 Å². The quantitative estimate of drug-likeness (QED) is 0.671. The first-order chi connectivity index (χ1) is 9.79. The van der Waals surface area contributed by atoms with Crippen LogP contribution in [-0.4, -0.2) is 4.98 Å². The van der Waals surface area contributed by atoms with Gasteiger partial charge in [-0.25, -0.2) is 4.98 Å². The van der Waals surface area contributed by atoms with Gasteiger partial charge in [0.2, 0.25) is 0 Å². The van der Waals surface area contributed by atoms with Crippen LogP contribution in [0.1, 0.15) is 23.4 Å². The molecule has 1 aromatic carbocycles. The Balaban J connectivity index is 2.46. The van der Waals surface area contributed by atoms with Crippen molar-refractivity contribution >= 4 is 39.0 Å². The Morgan fingerprint density at radius 2 is 1.95 bits per heavy atom. The third kappa shape index (κ3) is 3.89. The Kier molecular flexibility index (Phi) is 4.78. The van der Waals surface area contributed by atoms with Gasteiger partial charge in [-0.1, -0.05) is 18.2 Å². The van der Waals surface area contributed by atoms with Crippen molar-refractivity contribution < 1.29 is 13.2 Å². The highest BCUT2D eigenvalue weighted by molar-refractivity contribution is 9.10. The molecule has 1 N–H and O–H groups in total. The van der Waals surface area contributed by atoms with Crippen LogP contribution in [-0.2, 0) is 6.18 Å². The second-order valence-electron chi connectivity index (χ2n) is 4.38. The number of para-hydroxylation sites is 1. The molecule has 0 saturated heterocycles. The minimum Gasteiger partial charge on any atom is -0.339 e. The predicted octanol–water partition coefficient (Wildman–Crippen LogP) is 5.91. The molecule has 0 amide bonds. The maximum atomic E-state index is 13.1. The molecular weight excluding hydrogens is 369 g/mol. The molecule has 112 valence electrons. The normalized spacial score (nSPS) is 13.0. The van der Waals surface area contributed by atoms with Crippen LogP contribution in [0.15, 0.2) is 41.0 Å². The van der Waals surface area contributed by atoms with Gasteiger partial charge in [0.25, 0.3) is 0 Å². The Labute approximate surface area is 133 Å². The van der Waals surface area contributed by atoms with Crippen molar-refractivity contribution in [2.45, 2.75) is 18.5 Å². The smallest absolute Gasteiger partial charge is 0.339 e. The van der Waals surface area contributed by atoms with Crippen molar-refractivity contribution in [3.05, 3.63) is 52.1 Å². The molecule has 0 aliphatic heterocycles. The van der Waals surface area contributed by atoms with Gasteiger partial charge in [0, 0.05) is 16.4 Å². The molecule has 2 nitrogen and oxygen atoms in total. The molecule has 21 heavy (non-hydrogen) atoms. The molecule has 2 rings (SSSR count). The van der Waals surface area contributed by atoms with E-state index in [9.17, 15) is 13.2 Å². The number of pyridine rings is 1. The monoisotopic (exact) mass is 378 g/mol. The largest absolute Gasteiger partial charge is 0.420 e. The summed E-state index contributed by atoms with van der Waals surface area (Å²) in [6, 6.07) is 7.91. The number of benzene rings is 1. The summed E-state index contributed by atoms with van der Waals surface area (Å²) in [4.78, 5) is 3.82. The summed E-state index contributed by atoms with van der Waals surface area (Å²) in [7, 11) is 0. The van der Waals surface area contributed by atoms with Crippen LogP contribution in [0.4, 0.5) is 24.7 Å². The van der Waals surface area contributed by atoms with Crippen molar-refractivity contribution in [3.8, 4) is 0 Å². The summed E-state index contributed by atoms with van der Waals surface area (Å²) in [5, 5.41) is 2.39. The number of hydrogen-bond acceptors (Lipinski definition) is 2. The standard InChI is InChI=1S/C14H11BrClF3N2/c1-8(16)10-4-2-3-5-12(10)21-13-11(14(17,18)19)6-9(15)7-20-13/h2-8H,1H3,(H,20,21). The summed E-state index contributed by atoms with van der Waals surface area (Å²) in [5.41, 5.74) is 0.367. The molecule has 1 unspecified atom stereocenters. The van der Waals surface area contributed by atoms with E-state index in [-0.39, 0.29) is 15.7 Å². The average Bonchev–Trinajstić information content (AvgIpc) is 2.40. The topological polar surface area (TPSA) is 24.9 Å². The van der Waals surface area contributed by atoms with Gasteiger partial charge in [-0.2, -0.15) is 13.2 Å². The molecule has 7 heteroatoms. The van der Waals surface area contributed by atoms with Gasteiger partial charge in [0.05, 0.1) is 10.9 Å². The number of halogens is 5. The molecule has 0 bridgehead atoms. The summed E-state index contributed by atoms with van der Waals surface area (Å²) in [5.74, 6) is -0.254. The summed E-state index contributed by atoms with van der Waals surface area (Å²) in [6.45, 7) is 1.75. The summed E-state index contributed by atoms with van der Waals surface area (Å²) in [6.07, 6.45) is -3.19. The van der Waals surface area contributed by atoms with Crippen LogP contribution in [0.25, 0.3) is 0 Å². The van der Waals surface area contributed by atoms with Gasteiger partial charge < -0.3 is 5.32 Å². The number of aromatic nitrogens is 1. The maximum Gasteiger partial charge on any atom is 0.420 e. The van der Waals surface area contributed by atoms with Gasteiger partial charge in [-0.15, -0.1) is 11.6 Å². The average molecular weight is 380 g/mol. The summed E-state index contributed by atoms with van der Waals surface area (Å²) >= 11 is 9.04. The van der Waals surface area contributed by atoms with Gasteiger partial charge in [-0.3, -0.25) is 0 Å². The fourth-order valence-corrected chi connectivity index (χ4v) is 2.36. The zero-order valence-electron chi connectivity index (χ0n) is 10.9. The number of nitrogens with zero attached hydrogens (tertiary/aromatic N) is 1. The Morgan fingerprint density at radius 3 is 2.57 bits per heavy atom. The lowest BCUT2D eigenvalue weighted by Crippen LogP contribution is -2.11. The van der Waals surface area contributed by atoms with E-state index in [0.717, 1.165) is 6.07 Å². The Hall–Kier alpha value is -1.27. The van der Waals surface area contributed by atoms with E-state index >= 15 is 0 Å². The van der Waals surface area contributed by atoms with Crippen LogP contribution in [0.5, 0.6) is 0 Å². The van der Waals surface area contributed by atoms with Crippen molar-refractivity contribution in [1.29, 1.82) is 0 Å². The van der Waals surface area contributed by atoms with Gasteiger partial charge >= 0.3 is 6.18 Å². The molecule has 0 spiro atoms. The minimum absolute atomic E-state index is 0.254. The van der Waals surface area contributed by atoms with E-state index in [1.807, 2.05) is 0 Å². The van der Waals surface area contributed by atoms with E-state index in [1.165, 1.54) is 6.20 Å². The van der Waals surface area contributed by atoms with E-state index in [2.05, 4.69) is 26.2 Å². The predicted molar refractivity (Wildman–Crippen MR) is 80.9 cm³/mol. The van der Waals surface area contributed by atoms with E-state index in [0.29, 0.717) is 11.3 Å². The van der Waals surface area contributed by atoms with E-state index < -0.39 is 11.7 Å². The molecule has 1 heterocycles. The van der Waals surface area contributed by atoms with E-state index in [4.69, 9.17) is 11.6 Å². The zero-order valence-corrected chi connectivity index (χ0v) is 13.2. The fourth-order valence-electron chi connectivity index (χ4n) is 1.84. The highest BCUT2D eigenvalue weighted by Gasteiger charge is 2.34. The highest BCUT2D eigenvalue weighted by atomic mass is 79.9. The molecule has 0 aliphatic rings. The Bertz CT molecular complexity index is 644. The number of anilines is 2. The van der Waals surface area contributed by atoms with Crippen LogP contribution < -0.4 is 5.32 Å². The third-order valence-corrected chi connectivity index (χ3v) is 3.47. The molecule has 2 aromatic rings. The van der Waals surface area contributed by atoms with Crippen LogP contribution in [0.3, 0.4) is 0 Å². The van der Waals surface area contributed by atoms with E-state index in [1.54, 1.807) is 31.2 Å². The van der Waals surface area contributed by atoms with Gasteiger partial charge in [0.15, 0.2) is 0 Å². The molecule has 0 radical (unpaired) electrons. The van der Waals surface area contributed by atoms with Crippen LogP contribution >= 0.6 is 27.5 Å². The second-order valence-corrected chi connectivity index (χ2v) is 5.95. The number of alkyl halides is 4. The molecule has 0 saturated carbocycles. The second kappa shape index (κ2) is 6.23. The highest BCUT2D eigenvalue weighted by Crippen LogP contribution is 2.37. The Morgan fingerprint density at radius 1 is 1.29 bits per heavy atom. The van der Waals surface area contributed by atoms with Crippen molar-refractivity contribution in [3.63, 3.8) is 0 Å². The first-order valence-electron chi connectivity index (χ1n) is 6.02.